The molecule has 0 saturated carbocycles. The van der Waals surface area contributed by atoms with E-state index in [-0.39, 0.29) is 0 Å². The molecule has 0 fully saturated rings. The number of aryl methyl sites for hydroxylation is 1. The Hall–Kier alpha value is -3.47. The van der Waals surface area contributed by atoms with E-state index in [1.807, 2.05) is 65.3 Å². The molecular weight excluding hydrogens is 362 g/mol. The summed E-state index contributed by atoms with van der Waals surface area (Å²) >= 11 is 0. The van der Waals surface area contributed by atoms with E-state index in [2.05, 4.69) is 19.1 Å². The van der Waals surface area contributed by atoms with Crippen LogP contribution in [-0.4, -0.2) is 22.6 Å². The zero-order chi connectivity index (χ0) is 20.1. The molecule has 0 saturated heterocycles. The summed E-state index contributed by atoms with van der Waals surface area (Å²) < 4.78 is 13.7. The molecule has 2 heterocycles. The van der Waals surface area contributed by atoms with Crippen molar-refractivity contribution in [1.29, 1.82) is 0 Å². The molecule has 29 heavy (non-hydrogen) atoms. The van der Waals surface area contributed by atoms with Gasteiger partial charge < -0.3 is 19.6 Å². The van der Waals surface area contributed by atoms with Gasteiger partial charge in [-0.15, -0.1) is 0 Å². The van der Waals surface area contributed by atoms with E-state index in [9.17, 15) is 0 Å². The van der Waals surface area contributed by atoms with Crippen molar-refractivity contribution in [3.05, 3.63) is 78.6 Å². The van der Waals surface area contributed by atoms with Gasteiger partial charge in [-0.1, -0.05) is 31.2 Å². The van der Waals surface area contributed by atoms with E-state index in [1.54, 1.807) is 0 Å². The zero-order valence-corrected chi connectivity index (χ0v) is 16.5. The van der Waals surface area contributed by atoms with E-state index in [1.165, 1.54) is 5.56 Å². The van der Waals surface area contributed by atoms with Gasteiger partial charge >= 0.3 is 0 Å². The Balaban J connectivity index is 1.36. The van der Waals surface area contributed by atoms with Crippen LogP contribution in [0.2, 0.25) is 0 Å². The molecule has 0 spiro atoms. The summed E-state index contributed by atoms with van der Waals surface area (Å²) in [7, 11) is 0. The molecule has 2 aromatic heterocycles. The SMILES string of the molecule is CCc1ccc(OCCCOc2cccn3cc(-c4cccc(N)c4)nc23)cc1. The Bertz CT molecular complexity index is 1090. The number of imidazole rings is 1. The molecule has 5 heteroatoms. The average Bonchev–Trinajstić information content (AvgIpc) is 3.19. The van der Waals surface area contributed by atoms with Crippen molar-refractivity contribution in [2.45, 2.75) is 19.8 Å². The highest BCUT2D eigenvalue weighted by molar-refractivity contribution is 5.68. The number of fused-ring (bicyclic) bond motifs is 1. The summed E-state index contributed by atoms with van der Waals surface area (Å²) in [5, 5.41) is 0. The lowest BCUT2D eigenvalue weighted by Crippen LogP contribution is -2.05. The van der Waals surface area contributed by atoms with Gasteiger partial charge in [0.05, 0.1) is 18.9 Å². The Morgan fingerprint density at radius 3 is 2.59 bits per heavy atom. The minimum atomic E-state index is 0.563. The van der Waals surface area contributed by atoms with Crippen LogP contribution < -0.4 is 15.2 Å². The quantitative estimate of drug-likeness (QED) is 0.342. The topological polar surface area (TPSA) is 61.8 Å². The maximum Gasteiger partial charge on any atom is 0.180 e. The third kappa shape index (κ3) is 4.51. The standard InChI is InChI=1S/C24H25N3O2/c1-2-18-9-11-21(12-10-18)28-14-5-15-29-23-8-4-13-27-17-22(26-24(23)27)19-6-3-7-20(25)16-19/h3-4,6-13,16-17H,2,5,14-15,25H2,1H3. The molecule has 0 radical (unpaired) electrons. The molecule has 5 nitrogen and oxygen atoms in total. The summed E-state index contributed by atoms with van der Waals surface area (Å²) in [6.07, 6.45) is 5.78. The first-order chi connectivity index (χ1) is 14.2. The maximum atomic E-state index is 5.98. The molecule has 0 unspecified atom stereocenters. The fourth-order valence-corrected chi connectivity index (χ4v) is 3.19. The molecule has 2 aromatic carbocycles. The number of aromatic nitrogens is 2. The van der Waals surface area contributed by atoms with Crippen LogP contribution in [0.4, 0.5) is 5.69 Å². The molecule has 148 valence electrons. The van der Waals surface area contributed by atoms with Crippen LogP contribution in [-0.2, 0) is 6.42 Å². The monoisotopic (exact) mass is 387 g/mol. The van der Waals surface area contributed by atoms with Gasteiger partial charge in [-0.3, -0.25) is 0 Å². The fourth-order valence-electron chi connectivity index (χ4n) is 3.19. The van der Waals surface area contributed by atoms with Crippen molar-refractivity contribution in [2.24, 2.45) is 0 Å². The van der Waals surface area contributed by atoms with Crippen molar-refractivity contribution in [3.8, 4) is 22.8 Å². The number of anilines is 1. The second-order valence-corrected chi connectivity index (χ2v) is 6.90. The molecular formula is C24H25N3O2. The van der Waals surface area contributed by atoms with Gasteiger partial charge in [0.2, 0.25) is 0 Å². The van der Waals surface area contributed by atoms with Crippen LogP contribution in [0.25, 0.3) is 16.9 Å². The van der Waals surface area contributed by atoms with Gasteiger partial charge in [-0.25, -0.2) is 4.98 Å². The third-order valence-corrected chi connectivity index (χ3v) is 4.78. The molecule has 0 aliphatic rings. The van der Waals surface area contributed by atoms with E-state index >= 15 is 0 Å². The molecule has 4 aromatic rings. The normalized spacial score (nSPS) is 10.9. The predicted octanol–water partition coefficient (Wildman–Crippen LogP) is 4.99. The second kappa shape index (κ2) is 8.69. The minimum Gasteiger partial charge on any atom is -0.493 e. The summed E-state index contributed by atoms with van der Waals surface area (Å²) in [4.78, 5) is 4.74. The van der Waals surface area contributed by atoms with E-state index in [0.29, 0.717) is 13.2 Å². The number of nitrogen functional groups attached to an aromatic ring is 1. The number of nitrogens with zero attached hydrogens (tertiary/aromatic N) is 2. The Morgan fingerprint density at radius 2 is 1.79 bits per heavy atom. The molecule has 0 aliphatic carbocycles. The minimum absolute atomic E-state index is 0.563. The largest absolute Gasteiger partial charge is 0.493 e. The van der Waals surface area contributed by atoms with Crippen LogP contribution in [0.15, 0.2) is 73.1 Å². The van der Waals surface area contributed by atoms with Crippen LogP contribution in [0, 0.1) is 0 Å². The number of nitrogens with two attached hydrogens (primary N) is 1. The molecule has 2 N–H and O–H groups in total. The first-order valence-electron chi connectivity index (χ1n) is 9.91. The van der Waals surface area contributed by atoms with E-state index in [4.69, 9.17) is 20.2 Å². The van der Waals surface area contributed by atoms with Crippen molar-refractivity contribution in [1.82, 2.24) is 9.38 Å². The van der Waals surface area contributed by atoms with Crippen LogP contribution in [0.3, 0.4) is 0 Å². The molecule has 0 atom stereocenters. The zero-order valence-electron chi connectivity index (χ0n) is 16.5. The molecule has 4 rings (SSSR count). The molecule has 0 bridgehead atoms. The lowest BCUT2D eigenvalue weighted by molar-refractivity contribution is 0.248. The van der Waals surface area contributed by atoms with E-state index < -0.39 is 0 Å². The van der Waals surface area contributed by atoms with Crippen LogP contribution in [0.5, 0.6) is 11.5 Å². The number of ether oxygens (including phenoxy) is 2. The number of hydrogen-bond acceptors (Lipinski definition) is 4. The third-order valence-electron chi connectivity index (χ3n) is 4.78. The summed E-state index contributed by atoms with van der Waals surface area (Å²) in [6, 6.07) is 19.9. The van der Waals surface area contributed by atoms with Gasteiger partial charge in [0.15, 0.2) is 11.4 Å². The summed E-state index contributed by atoms with van der Waals surface area (Å²) in [5.41, 5.74) is 10.6. The number of pyridine rings is 1. The first kappa shape index (κ1) is 18.9. The average molecular weight is 387 g/mol. The van der Waals surface area contributed by atoms with E-state index in [0.717, 1.165) is 46.9 Å². The van der Waals surface area contributed by atoms with Crippen molar-refractivity contribution in [2.75, 3.05) is 18.9 Å². The van der Waals surface area contributed by atoms with Gasteiger partial charge in [0.25, 0.3) is 0 Å². The lowest BCUT2D eigenvalue weighted by Gasteiger charge is -2.09. The van der Waals surface area contributed by atoms with Gasteiger partial charge in [0, 0.05) is 30.1 Å². The predicted molar refractivity (Wildman–Crippen MR) is 116 cm³/mol. The molecule has 0 aliphatic heterocycles. The highest BCUT2D eigenvalue weighted by Crippen LogP contribution is 2.25. The van der Waals surface area contributed by atoms with Gasteiger partial charge in [-0.2, -0.15) is 0 Å². The second-order valence-electron chi connectivity index (χ2n) is 6.90. The Kier molecular flexibility index (Phi) is 5.66. The van der Waals surface area contributed by atoms with Crippen molar-refractivity contribution >= 4 is 11.3 Å². The first-order valence-corrected chi connectivity index (χ1v) is 9.91. The number of hydrogen-bond donors (Lipinski definition) is 1. The highest BCUT2D eigenvalue weighted by atomic mass is 16.5. The lowest BCUT2D eigenvalue weighted by atomic mass is 10.1. The Labute approximate surface area is 170 Å². The number of rotatable bonds is 8. The van der Waals surface area contributed by atoms with Gasteiger partial charge in [0.1, 0.15) is 5.75 Å². The van der Waals surface area contributed by atoms with Gasteiger partial charge in [-0.05, 0) is 48.4 Å². The molecule has 0 amide bonds. The van der Waals surface area contributed by atoms with Crippen LogP contribution >= 0.6 is 0 Å². The fraction of sp³-hybridized carbons (Fsp3) is 0.208. The summed E-state index contributed by atoms with van der Waals surface area (Å²) in [6.45, 7) is 3.32. The smallest absolute Gasteiger partial charge is 0.180 e. The number of benzene rings is 2. The highest BCUT2D eigenvalue weighted by Gasteiger charge is 2.09. The van der Waals surface area contributed by atoms with Crippen LogP contribution in [0.1, 0.15) is 18.9 Å². The summed E-state index contributed by atoms with van der Waals surface area (Å²) in [5.74, 6) is 1.65. The maximum absolute atomic E-state index is 5.98. The van der Waals surface area contributed by atoms with Crippen molar-refractivity contribution in [3.63, 3.8) is 0 Å². The van der Waals surface area contributed by atoms with Crippen molar-refractivity contribution < 1.29 is 9.47 Å². The Morgan fingerprint density at radius 1 is 0.966 bits per heavy atom.